The smallest absolute Gasteiger partial charge is 0.275 e. The molecule has 1 heterocycles. The Morgan fingerprint density at radius 2 is 2.16 bits per heavy atom. The van der Waals surface area contributed by atoms with Gasteiger partial charge in [0, 0.05) is 0 Å². The van der Waals surface area contributed by atoms with Gasteiger partial charge in [-0.3, -0.25) is 10.2 Å². The normalized spacial score (nSPS) is 10.9. The van der Waals surface area contributed by atoms with E-state index in [4.69, 9.17) is 11.6 Å². The third-order valence-electron chi connectivity index (χ3n) is 2.14. The predicted molar refractivity (Wildman–Crippen MR) is 67.4 cm³/mol. The number of aromatic nitrogens is 2. The summed E-state index contributed by atoms with van der Waals surface area (Å²) in [6.07, 6.45) is 2.52. The zero-order valence-corrected chi connectivity index (χ0v) is 10.1. The molecule has 0 unspecified atom stereocenters. The lowest BCUT2D eigenvalue weighted by molar-refractivity contribution is 0.508. The fraction of sp³-hybridized carbons (Fsp3) is 0. The van der Waals surface area contributed by atoms with Gasteiger partial charge in [-0.05, 0) is 17.7 Å². The van der Waals surface area contributed by atoms with E-state index in [9.17, 15) is 13.6 Å². The van der Waals surface area contributed by atoms with Crippen LogP contribution in [0, 0.1) is 11.6 Å². The van der Waals surface area contributed by atoms with Gasteiger partial charge in [0.25, 0.3) is 5.56 Å². The Morgan fingerprint density at radius 1 is 1.37 bits per heavy atom. The molecule has 0 bridgehead atoms. The van der Waals surface area contributed by atoms with E-state index in [1.165, 1.54) is 18.5 Å². The molecule has 2 rings (SSSR count). The molecular weight excluding hydrogens is 278 g/mol. The van der Waals surface area contributed by atoms with Crippen LogP contribution < -0.4 is 11.0 Å². The number of rotatable bonds is 3. The van der Waals surface area contributed by atoms with Gasteiger partial charge in [0.2, 0.25) is 0 Å². The summed E-state index contributed by atoms with van der Waals surface area (Å²) in [5.74, 6) is -1.91. The molecule has 1 aromatic heterocycles. The molecule has 0 amide bonds. The highest BCUT2D eigenvalue weighted by molar-refractivity contribution is 6.32. The van der Waals surface area contributed by atoms with E-state index in [-0.39, 0.29) is 10.7 Å². The maximum absolute atomic E-state index is 12.9. The van der Waals surface area contributed by atoms with Crippen LogP contribution in [0.1, 0.15) is 5.56 Å². The monoisotopic (exact) mass is 284 g/mol. The van der Waals surface area contributed by atoms with Gasteiger partial charge < -0.3 is 0 Å². The van der Waals surface area contributed by atoms with Crippen LogP contribution in [-0.4, -0.2) is 16.4 Å². The second-order valence-electron chi connectivity index (χ2n) is 3.47. The average Bonchev–Trinajstić information content (AvgIpc) is 2.39. The van der Waals surface area contributed by atoms with Crippen molar-refractivity contribution in [2.45, 2.75) is 0 Å². The summed E-state index contributed by atoms with van der Waals surface area (Å²) < 4.78 is 25.6. The predicted octanol–water partition coefficient (Wildman–Crippen LogP) is 2.15. The van der Waals surface area contributed by atoms with Crippen molar-refractivity contribution in [3.8, 4) is 0 Å². The fourth-order valence-corrected chi connectivity index (χ4v) is 1.36. The number of hydrazone groups is 1. The molecule has 0 aliphatic rings. The number of nitrogens with one attached hydrogen (secondary N) is 2. The van der Waals surface area contributed by atoms with E-state index in [0.717, 1.165) is 12.1 Å². The van der Waals surface area contributed by atoms with Crippen molar-refractivity contribution < 1.29 is 8.78 Å². The quantitative estimate of drug-likeness (QED) is 0.670. The Balaban J connectivity index is 2.13. The highest BCUT2D eigenvalue weighted by Gasteiger charge is 2.03. The van der Waals surface area contributed by atoms with Gasteiger partial charge in [-0.25, -0.2) is 13.9 Å². The topological polar surface area (TPSA) is 70.1 Å². The zero-order chi connectivity index (χ0) is 13.8. The number of hydrogen-bond acceptors (Lipinski definition) is 4. The molecule has 1 aromatic carbocycles. The third kappa shape index (κ3) is 3.14. The van der Waals surface area contributed by atoms with Gasteiger partial charge in [0.1, 0.15) is 10.7 Å². The van der Waals surface area contributed by atoms with Crippen molar-refractivity contribution in [2.75, 3.05) is 5.43 Å². The molecule has 5 nitrogen and oxygen atoms in total. The number of nitrogens with zero attached hydrogens (tertiary/aromatic N) is 2. The van der Waals surface area contributed by atoms with Crippen LogP contribution in [0.4, 0.5) is 14.5 Å². The molecule has 0 saturated heterocycles. The Bertz CT molecular complexity index is 687. The van der Waals surface area contributed by atoms with Gasteiger partial charge in [-0.1, -0.05) is 17.7 Å². The lowest BCUT2D eigenvalue weighted by Gasteiger charge is -2.00. The number of halogens is 3. The standard InChI is InChI=1S/C11H7ClF2N4O/c12-10-9(5-16-18-11(10)19)17-15-4-6-1-2-7(13)8(14)3-6/h1-5H,(H2,17,18,19)/b15-4-. The molecule has 98 valence electrons. The summed E-state index contributed by atoms with van der Waals surface area (Å²) in [5.41, 5.74) is 2.46. The van der Waals surface area contributed by atoms with Gasteiger partial charge in [-0.2, -0.15) is 10.2 Å². The first-order valence-corrected chi connectivity index (χ1v) is 5.43. The van der Waals surface area contributed by atoms with Gasteiger partial charge >= 0.3 is 0 Å². The van der Waals surface area contributed by atoms with Gasteiger partial charge in [0.15, 0.2) is 11.6 Å². The van der Waals surface area contributed by atoms with Crippen LogP contribution in [0.2, 0.25) is 5.02 Å². The maximum Gasteiger partial charge on any atom is 0.285 e. The molecule has 0 saturated carbocycles. The van der Waals surface area contributed by atoms with Crippen LogP contribution in [0.25, 0.3) is 0 Å². The van der Waals surface area contributed by atoms with Crippen LogP contribution in [0.5, 0.6) is 0 Å². The van der Waals surface area contributed by atoms with E-state index in [0.29, 0.717) is 5.56 Å². The minimum Gasteiger partial charge on any atom is -0.275 e. The molecule has 0 aliphatic heterocycles. The molecule has 0 fully saturated rings. The molecule has 0 aliphatic carbocycles. The van der Waals surface area contributed by atoms with Gasteiger partial charge in [0.05, 0.1) is 12.4 Å². The van der Waals surface area contributed by atoms with Crippen molar-refractivity contribution in [2.24, 2.45) is 5.10 Å². The lowest BCUT2D eigenvalue weighted by atomic mass is 10.2. The van der Waals surface area contributed by atoms with E-state index < -0.39 is 17.2 Å². The number of anilines is 1. The number of H-pyrrole nitrogens is 1. The first kappa shape index (κ1) is 13.2. The van der Waals surface area contributed by atoms with Crippen molar-refractivity contribution in [1.82, 2.24) is 10.2 Å². The Labute approximate surface area is 110 Å². The molecule has 8 heteroatoms. The van der Waals surface area contributed by atoms with E-state index in [1.54, 1.807) is 0 Å². The van der Waals surface area contributed by atoms with E-state index in [1.807, 2.05) is 0 Å². The zero-order valence-electron chi connectivity index (χ0n) is 9.32. The summed E-state index contributed by atoms with van der Waals surface area (Å²) in [5, 5.41) is 9.31. The van der Waals surface area contributed by atoms with Crippen LogP contribution in [0.3, 0.4) is 0 Å². The SMILES string of the molecule is O=c1[nH]ncc(N/N=C\c2ccc(F)c(F)c2)c1Cl. The number of benzene rings is 1. The summed E-state index contributed by atoms with van der Waals surface area (Å²) in [6.45, 7) is 0. The highest BCUT2D eigenvalue weighted by Crippen LogP contribution is 2.14. The fourth-order valence-electron chi connectivity index (χ4n) is 1.23. The molecular formula is C11H7ClF2N4O. The molecule has 2 aromatic rings. The molecule has 19 heavy (non-hydrogen) atoms. The van der Waals surface area contributed by atoms with Gasteiger partial charge in [-0.15, -0.1) is 0 Å². The summed E-state index contributed by atoms with van der Waals surface area (Å²) in [7, 11) is 0. The lowest BCUT2D eigenvalue weighted by Crippen LogP contribution is -2.10. The largest absolute Gasteiger partial charge is 0.285 e. The van der Waals surface area contributed by atoms with Crippen molar-refractivity contribution in [3.05, 3.63) is 57.0 Å². The molecule has 0 atom stereocenters. The Hall–Kier alpha value is -2.28. The number of hydrogen-bond donors (Lipinski definition) is 2. The molecule has 0 radical (unpaired) electrons. The second kappa shape index (κ2) is 5.57. The summed E-state index contributed by atoms with van der Waals surface area (Å²) >= 11 is 5.69. The highest BCUT2D eigenvalue weighted by atomic mass is 35.5. The number of aromatic amines is 1. The van der Waals surface area contributed by atoms with Crippen molar-refractivity contribution in [3.63, 3.8) is 0 Å². The van der Waals surface area contributed by atoms with Crippen LogP contribution in [-0.2, 0) is 0 Å². The Kier molecular flexibility index (Phi) is 3.86. The third-order valence-corrected chi connectivity index (χ3v) is 2.51. The average molecular weight is 285 g/mol. The van der Waals surface area contributed by atoms with Crippen molar-refractivity contribution in [1.29, 1.82) is 0 Å². The molecule has 2 N–H and O–H groups in total. The first-order chi connectivity index (χ1) is 9.08. The van der Waals surface area contributed by atoms with E-state index >= 15 is 0 Å². The van der Waals surface area contributed by atoms with E-state index in [2.05, 4.69) is 20.7 Å². The molecule has 0 spiro atoms. The van der Waals surface area contributed by atoms with Crippen molar-refractivity contribution >= 4 is 23.5 Å². The summed E-state index contributed by atoms with van der Waals surface area (Å²) in [4.78, 5) is 11.1. The minimum atomic E-state index is -0.972. The Morgan fingerprint density at radius 3 is 2.89 bits per heavy atom. The summed E-state index contributed by atoms with van der Waals surface area (Å²) in [6, 6.07) is 3.32. The van der Waals surface area contributed by atoms with Crippen LogP contribution >= 0.6 is 11.6 Å². The van der Waals surface area contributed by atoms with Crippen LogP contribution in [0.15, 0.2) is 34.3 Å². The first-order valence-electron chi connectivity index (χ1n) is 5.05. The second-order valence-corrected chi connectivity index (χ2v) is 3.85. The minimum absolute atomic E-state index is 0.0996. The maximum atomic E-state index is 12.9.